The molecule has 0 unspecified atom stereocenters. The number of rotatable bonds is 2. The molecule has 0 fully saturated rings. The van der Waals surface area contributed by atoms with E-state index in [-0.39, 0.29) is 0 Å². The van der Waals surface area contributed by atoms with Crippen LogP contribution in [0, 0.1) is 6.92 Å². The van der Waals surface area contributed by atoms with Gasteiger partial charge in [0.05, 0.1) is 16.8 Å². The standard InChI is InChI=1S/C15H14N2O/c1-3-11-5-4-6-12-7-13(9-18)15-16-10(2)8-17(15)14(11)12/h4-9H,3H2,1-2H3. The molecule has 2 heterocycles. The van der Waals surface area contributed by atoms with E-state index in [0.717, 1.165) is 35.0 Å². The second-order valence-electron chi connectivity index (χ2n) is 4.50. The Morgan fingerprint density at radius 1 is 1.39 bits per heavy atom. The summed E-state index contributed by atoms with van der Waals surface area (Å²) in [5.74, 6) is 0. The van der Waals surface area contributed by atoms with Crippen LogP contribution >= 0.6 is 0 Å². The Hall–Kier alpha value is -2.16. The first-order valence-corrected chi connectivity index (χ1v) is 6.10. The van der Waals surface area contributed by atoms with Crippen molar-refractivity contribution in [3.8, 4) is 0 Å². The number of aromatic nitrogens is 2. The molecule has 0 spiro atoms. The fourth-order valence-electron chi connectivity index (χ4n) is 2.50. The van der Waals surface area contributed by atoms with Crippen molar-refractivity contribution in [3.05, 3.63) is 47.3 Å². The zero-order chi connectivity index (χ0) is 12.7. The number of carbonyl (C=O) groups is 1. The normalized spacial score (nSPS) is 11.2. The number of carbonyl (C=O) groups excluding carboxylic acids is 1. The first-order chi connectivity index (χ1) is 8.74. The fraction of sp³-hybridized carbons (Fsp3) is 0.200. The highest BCUT2D eigenvalue weighted by Gasteiger charge is 2.10. The Bertz CT molecular complexity index is 756. The minimum absolute atomic E-state index is 0.642. The molecule has 90 valence electrons. The molecule has 0 amide bonds. The number of pyridine rings is 1. The molecule has 0 saturated heterocycles. The van der Waals surface area contributed by atoms with Crippen molar-refractivity contribution in [3.63, 3.8) is 0 Å². The molecule has 0 bridgehead atoms. The van der Waals surface area contributed by atoms with E-state index in [0.29, 0.717) is 5.56 Å². The maximum Gasteiger partial charge on any atom is 0.153 e. The molecule has 3 heteroatoms. The zero-order valence-electron chi connectivity index (χ0n) is 10.5. The predicted octanol–water partition coefficient (Wildman–Crippen LogP) is 3.17. The molecule has 3 rings (SSSR count). The van der Waals surface area contributed by atoms with Gasteiger partial charge in [0, 0.05) is 6.20 Å². The first kappa shape index (κ1) is 11.0. The van der Waals surface area contributed by atoms with Crippen LogP contribution in [0.5, 0.6) is 0 Å². The lowest BCUT2D eigenvalue weighted by Crippen LogP contribution is -1.96. The maximum atomic E-state index is 11.2. The molecule has 0 aliphatic heterocycles. The highest BCUT2D eigenvalue weighted by Crippen LogP contribution is 2.24. The van der Waals surface area contributed by atoms with Crippen molar-refractivity contribution >= 4 is 22.8 Å². The summed E-state index contributed by atoms with van der Waals surface area (Å²) in [5.41, 5.74) is 4.74. The van der Waals surface area contributed by atoms with Gasteiger partial charge in [0.15, 0.2) is 6.29 Å². The van der Waals surface area contributed by atoms with Crippen molar-refractivity contribution in [2.45, 2.75) is 20.3 Å². The molecule has 0 aliphatic carbocycles. The average molecular weight is 238 g/mol. The summed E-state index contributed by atoms with van der Waals surface area (Å²) < 4.78 is 2.03. The van der Waals surface area contributed by atoms with Crippen molar-refractivity contribution in [1.29, 1.82) is 0 Å². The lowest BCUT2D eigenvalue weighted by molar-refractivity contribution is 0.112. The quantitative estimate of drug-likeness (QED) is 0.643. The van der Waals surface area contributed by atoms with E-state index in [4.69, 9.17) is 0 Å². The molecule has 0 aliphatic rings. The highest BCUT2D eigenvalue weighted by molar-refractivity contribution is 5.94. The lowest BCUT2D eigenvalue weighted by Gasteiger charge is -2.08. The third-order valence-electron chi connectivity index (χ3n) is 3.30. The van der Waals surface area contributed by atoms with Crippen LogP contribution in [-0.4, -0.2) is 15.7 Å². The number of hydrogen-bond acceptors (Lipinski definition) is 2. The molecular formula is C15H14N2O. The number of para-hydroxylation sites is 1. The van der Waals surface area contributed by atoms with Crippen LogP contribution in [0.1, 0.15) is 28.5 Å². The Kier molecular flexibility index (Phi) is 2.40. The molecule has 3 nitrogen and oxygen atoms in total. The van der Waals surface area contributed by atoms with E-state index in [2.05, 4.69) is 18.0 Å². The van der Waals surface area contributed by atoms with E-state index in [9.17, 15) is 4.79 Å². The van der Waals surface area contributed by atoms with Gasteiger partial charge in [-0.3, -0.25) is 9.20 Å². The van der Waals surface area contributed by atoms with Gasteiger partial charge in [-0.05, 0) is 30.4 Å². The van der Waals surface area contributed by atoms with Gasteiger partial charge >= 0.3 is 0 Å². The van der Waals surface area contributed by atoms with Gasteiger partial charge in [-0.1, -0.05) is 25.1 Å². The summed E-state index contributed by atoms with van der Waals surface area (Å²) in [6, 6.07) is 8.11. The van der Waals surface area contributed by atoms with Gasteiger partial charge in [-0.25, -0.2) is 4.98 Å². The van der Waals surface area contributed by atoms with Crippen molar-refractivity contribution in [1.82, 2.24) is 9.38 Å². The summed E-state index contributed by atoms with van der Waals surface area (Å²) in [5, 5.41) is 1.08. The number of nitrogens with zero attached hydrogens (tertiary/aromatic N) is 2. The highest BCUT2D eigenvalue weighted by atomic mass is 16.1. The van der Waals surface area contributed by atoms with Crippen molar-refractivity contribution < 1.29 is 4.79 Å². The second-order valence-corrected chi connectivity index (χ2v) is 4.50. The first-order valence-electron chi connectivity index (χ1n) is 6.10. The van der Waals surface area contributed by atoms with Crippen LogP contribution in [0.2, 0.25) is 0 Å². The minimum atomic E-state index is 0.642. The minimum Gasteiger partial charge on any atom is -0.299 e. The van der Waals surface area contributed by atoms with E-state index >= 15 is 0 Å². The average Bonchev–Trinajstić information content (AvgIpc) is 2.78. The van der Waals surface area contributed by atoms with E-state index in [1.54, 1.807) is 0 Å². The Morgan fingerprint density at radius 2 is 2.22 bits per heavy atom. The SMILES string of the molecule is CCc1cccc2cc(C=O)c3nc(C)cn3c12. The number of benzene rings is 1. The predicted molar refractivity (Wildman–Crippen MR) is 72.2 cm³/mol. The molecular weight excluding hydrogens is 224 g/mol. The number of hydrogen-bond donors (Lipinski definition) is 0. The molecule has 0 radical (unpaired) electrons. The largest absolute Gasteiger partial charge is 0.299 e. The summed E-state index contributed by atoms with van der Waals surface area (Å²) >= 11 is 0. The van der Waals surface area contributed by atoms with E-state index < -0.39 is 0 Å². The van der Waals surface area contributed by atoms with Crippen molar-refractivity contribution in [2.75, 3.05) is 0 Å². The number of fused-ring (bicyclic) bond motifs is 3. The second kappa shape index (κ2) is 3.95. The van der Waals surface area contributed by atoms with Gasteiger partial charge < -0.3 is 0 Å². The Labute approximate surface area is 105 Å². The molecule has 2 aromatic heterocycles. The van der Waals surface area contributed by atoms with Crippen LogP contribution in [0.3, 0.4) is 0 Å². The van der Waals surface area contributed by atoms with Crippen molar-refractivity contribution in [2.24, 2.45) is 0 Å². The van der Waals surface area contributed by atoms with Gasteiger partial charge in [-0.15, -0.1) is 0 Å². The Balaban J connectivity index is 2.59. The zero-order valence-corrected chi connectivity index (χ0v) is 10.5. The fourth-order valence-corrected chi connectivity index (χ4v) is 2.50. The van der Waals surface area contributed by atoms with Gasteiger partial charge in [0.2, 0.25) is 0 Å². The lowest BCUT2D eigenvalue weighted by atomic mass is 10.1. The van der Waals surface area contributed by atoms with Crippen LogP contribution < -0.4 is 0 Å². The maximum absolute atomic E-state index is 11.2. The third-order valence-corrected chi connectivity index (χ3v) is 3.30. The smallest absolute Gasteiger partial charge is 0.153 e. The Morgan fingerprint density at radius 3 is 2.94 bits per heavy atom. The molecule has 18 heavy (non-hydrogen) atoms. The monoisotopic (exact) mass is 238 g/mol. The van der Waals surface area contributed by atoms with Crippen LogP contribution in [0.4, 0.5) is 0 Å². The van der Waals surface area contributed by atoms with Gasteiger partial charge in [-0.2, -0.15) is 0 Å². The molecule has 0 saturated carbocycles. The van der Waals surface area contributed by atoms with E-state index in [1.807, 2.05) is 35.7 Å². The number of imidazole rings is 1. The summed E-state index contributed by atoms with van der Waals surface area (Å²) in [6.45, 7) is 4.08. The van der Waals surface area contributed by atoms with Crippen LogP contribution in [0.15, 0.2) is 30.5 Å². The van der Waals surface area contributed by atoms with Gasteiger partial charge in [0.1, 0.15) is 5.65 Å². The summed E-state index contributed by atoms with van der Waals surface area (Å²) in [6.07, 6.45) is 3.83. The summed E-state index contributed by atoms with van der Waals surface area (Å²) in [7, 11) is 0. The third kappa shape index (κ3) is 1.44. The number of aryl methyl sites for hydroxylation is 2. The molecule has 3 aromatic rings. The molecule has 0 N–H and O–H groups in total. The van der Waals surface area contributed by atoms with Gasteiger partial charge in [0.25, 0.3) is 0 Å². The van der Waals surface area contributed by atoms with Crippen LogP contribution in [-0.2, 0) is 6.42 Å². The topological polar surface area (TPSA) is 34.4 Å². The summed E-state index contributed by atoms with van der Waals surface area (Å²) in [4.78, 5) is 15.6. The molecule has 0 atom stereocenters. The number of aldehydes is 1. The van der Waals surface area contributed by atoms with Crippen LogP contribution in [0.25, 0.3) is 16.6 Å². The van der Waals surface area contributed by atoms with E-state index in [1.165, 1.54) is 5.56 Å². The molecule has 1 aromatic carbocycles.